The normalized spacial score (nSPS) is 20.2. The summed E-state index contributed by atoms with van der Waals surface area (Å²) >= 11 is 5.81. The van der Waals surface area contributed by atoms with Gasteiger partial charge in [-0.2, -0.15) is 0 Å². The van der Waals surface area contributed by atoms with Crippen molar-refractivity contribution in [2.24, 2.45) is 0 Å². The van der Waals surface area contributed by atoms with Crippen LogP contribution in [0.3, 0.4) is 0 Å². The SMILES string of the molecule is OCC1CCCN1CCCOc1ccc(Cl)cc1. The minimum Gasteiger partial charge on any atom is -0.494 e. The molecule has 0 bridgehead atoms. The predicted molar refractivity (Wildman–Crippen MR) is 73.2 cm³/mol. The van der Waals surface area contributed by atoms with Crippen LogP contribution >= 0.6 is 11.6 Å². The molecule has 1 aliphatic rings. The molecule has 0 saturated carbocycles. The Morgan fingerprint density at radius 3 is 2.83 bits per heavy atom. The lowest BCUT2D eigenvalue weighted by molar-refractivity contribution is 0.150. The fraction of sp³-hybridized carbons (Fsp3) is 0.571. The molecule has 0 radical (unpaired) electrons. The summed E-state index contributed by atoms with van der Waals surface area (Å²) in [7, 11) is 0. The van der Waals surface area contributed by atoms with Gasteiger partial charge in [0.2, 0.25) is 0 Å². The van der Waals surface area contributed by atoms with Gasteiger partial charge in [0.1, 0.15) is 5.75 Å². The molecule has 1 aliphatic heterocycles. The lowest BCUT2D eigenvalue weighted by Gasteiger charge is -2.22. The van der Waals surface area contributed by atoms with Gasteiger partial charge in [0.15, 0.2) is 0 Å². The van der Waals surface area contributed by atoms with Crippen molar-refractivity contribution in [1.82, 2.24) is 4.90 Å². The summed E-state index contributed by atoms with van der Waals surface area (Å²) in [4.78, 5) is 2.35. The van der Waals surface area contributed by atoms with E-state index in [9.17, 15) is 5.11 Å². The number of aliphatic hydroxyl groups is 1. The molecule has 1 atom stereocenters. The standard InChI is InChI=1S/C14H20ClNO2/c15-12-4-6-14(7-5-12)18-10-2-9-16-8-1-3-13(16)11-17/h4-7,13,17H,1-3,8-11H2. The molecule has 1 saturated heterocycles. The maximum atomic E-state index is 9.21. The molecular formula is C14H20ClNO2. The first-order valence-electron chi connectivity index (χ1n) is 6.53. The van der Waals surface area contributed by atoms with Crippen molar-refractivity contribution in [3.8, 4) is 5.75 Å². The number of nitrogens with zero attached hydrogens (tertiary/aromatic N) is 1. The minimum absolute atomic E-state index is 0.276. The van der Waals surface area contributed by atoms with Crippen molar-refractivity contribution in [1.29, 1.82) is 0 Å². The van der Waals surface area contributed by atoms with Crippen LogP contribution in [-0.2, 0) is 0 Å². The smallest absolute Gasteiger partial charge is 0.119 e. The Morgan fingerprint density at radius 1 is 1.33 bits per heavy atom. The van der Waals surface area contributed by atoms with Crippen molar-refractivity contribution in [2.45, 2.75) is 25.3 Å². The summed E-state index contributed by atoms with van der Waals surface area (Å²) in [5.74, 6) is 0.861. The fourth-order valence-electron chi connectivity index (χ4n) is 2.38. The molecule has 1 aromatic rings. The van der Waals surface area contributed by atoms with Crippen LogP contribution in [0.5, 0.6) is 5.75 Å². The molecule has 1 fully saturated rings. The Morgan fingerprint density at radius 2 is 2.11 bits per heavy atom. The summed E-state index contributed by atoms with van der Waals surface area (Å²) in [6, 6.07) is 7.79. The van der Waals surface area contributed by atoms with Gasteiger partial charge in [-0.25, -0.2) is 0 Å². The molecule has 1 unspecified atom stereocenters. The summed E-state index contributed by atoms with van der Waals surface area (Å²) in [6.07, 6.45) is 3.30. The van der Waals surface area contributed by atoms with E-state index in [1.54, 1.807) is 0 Å². The lowest BCUT2D eigenvalue weighted by Crippen LogP contribution is -2.33. The van der Waals surface area contributed by atoms with Gasteiger partial charge in [0.25, 0.3) is 0 Å². The number of aliphatic hydroxyl groups excluding tert-OH is 1. The first-order chi connectivity index (χ1) is 8.79. The molecule has 0 spiro atoms. The Labute approximate surface area is 113 Å². The lowest BCUT2D eigenvalue weighted by atomic mass is 10.2. The van der Waals surface area contributed by atoms with E-state index in [-0.39, 0.29) is 6.61 Å². The highest BCUT2D eigenvalue weighted by Crippen LogP contribution is 2.18. The second-order valence-corrected chi connectivity index (χ2v) is 5.11. The van der Waals surface area contributed by atoms with E-state index in [0.717, 1.165) is 36.7 Å². The molecule has 3 nitrogen and oxygen atoms in total. The van der Waals surface area contributed by atoms with Crippen molar-refractivity contribution in [2.75, 3.05) is 26.3 Å². The number of hydrogen-bond acceptors (Lipinski definition) is 3. The molecule has 18 heavy (non-hydrogen) atoms. The first-order valence-corrected chi connectivity index (χ1v) is 6.90. The highest BCUT2D eigenvalue weighted by molar-refractivity contribution is 6.30. The molecule has 0 aliphatic carbocycles. The van der Waals surface area contributed by atoms with E-state index in [2.05, 4.69) is 4.90 Å². The third-order valence-corrected chi connectivity index (χ3v) is 3.63. The molecule has 4 heteroatoms. The van der Waals surface area contributed by atoms with Crippen LogP contribution in [0.1, 0.15) is 19.3 Å². The predicted octanol–water partition coefficient (Wildman–Crippen LogP) is 2.57. The molecule has 1 N–H and O–H groups in total. The number of hydrogen-bond donors (Lipinski definition) is 1. The molecule has 100 valence electrons. The molecule has 2 rings (SSSR count). The van der Waals surface area contributed by atoms with Crippen LogP contribution in [-0.4, -0.2) is 42.4 Å². The van der Waals surface area contributed by atoms with Gasteiger partial charge in [-0.3, -0.25) is 4.90 Å². The van der Waals surface area contributed by atoms with E-state index in [4.69, 9.17) is 16.3 Å². The Hall–Kier alpha value is -0.770. The van der Waals surface area contributed by atoms with Gasteiger partial charge in [-0.05, 0) is 50.1 Å². The minimum atomic E-state index is 0.276. The van der Waals surface area contributed by atoms with E-state index >= 15 is 0 Å². The Balaban J connectivity index is 1.65. The number of ether oxygens (including phenoxy) is 1. The first kappa shape index (κ1) is 13.7. The highest BCUT2D eigenvalue weighted by Gasteiger charge is 2.22. The van der Waals surface area contributed by atoms with Gasteiger partial charge in [0, 0.05) is 17.6 Å². The third-order valence-electron chi connectivity index (χ3n) is 3.38. The molecular weight excluding hydrogens is 250 g/mol. The zero-order chi connectivity index (χ0) is 12.8. The maximum Gasteiger partial charge on any atom is 0.119 e. The van der Waals surface area contributed by atoms with Gasteiger partial charge in [-0.15, -0.1) is 0 Å². The number of rotatable bonds is 6. The number of benzene rings is 1. The van der Waals surface area contributed by atoms with E-state index in [1.807, 2.05) is 24.3 Å². The van der Waals surface area contributed by atoms with Crippen LogP contribution in [0.2, 0.25) is 5.02 Å². The maximum absolute atomic E-state index is 9.21. The fourth-order valence-corrected chi connectivity index (χ4v) is 2.51. The van der Waals surface area contributed by atoms with E-state index in [1.165, 1.54) is 6.42 Å². The summed E-state index contributed by atoms with van der Waals surface area (Å²) in [5.41, 5.74) is 0. The average molecular weight is 270 g/mol. The topological polar surface area (TPSA) is 32.7 Å². The average Bonchev–Trinajstić information content (AvgIpc) is 2.84. The van der Waals surface area contributed by atoms with Crippen molar-refractivity contribution < 1.29 is 9.84 Å². The molecule has 1 heterocycles. The molecule has 0 aromatic heterocycles. The van der Waals surface area contributed by atoms with Gasteiger partial charge >= 0.3 is 0 Å². The monoisotopic (exact) mass is 269 g/mol. The largest absolute Gasteiger partial charge is 0.494 e. The van der Waals surface area contributed by atoms with Crippen LogP contribution in [0.4, 0.5) is 0 Å². The van der Waals surface area contributed by atoms with Gasteiger partial charge < -0.3 is 9.84 Å². The van der Waals surface area contributed by atoms with Gasteiger partial charge in [0.05, 0.1) is 13.2 Å². The van der Waals surface area contributed by atoms with E-state index < -0.39 is 0 Å². The van der Waals surface area contributed by atoms with Gasteiger partial charge in [-0.1, -0.05) is 11.6 Å². The van der Waals surface area contributed by atoms with Crippen molar-refractivity contribution in [3.63, 3.8) is 0 Å². The van der Waals surface area contributed by atoms with Crippen LogP contribution < -0.4 is 4.74 Å². The second kappa shape index (κ2) is 6.98. The third kappa shape index (κ3) is 3.87. The van der Waals surface area contributed by atoms with Crippen molar-refractivity contribution >= 4 is 11.6 Å². The summed E-state index contributed by atoms with van der Waals surface area (Å²) in [6.45, 7) is 3.08. The Kier molecular flexibility index (Phi) is 5.29. The molecule has 0 amide bonds. The summed E-state index contributed by atoms with van der Waals surface area (Å²) in [5, 5.41) is 9.94. The van der Waals surface area contributed by atoms with Crippen LogP contribution in [0.15, 0.2) is 24.3 Å². The second-order valence-electron chi connectivity index (χ2n) is 4.67. The quantitative estimate of drug-likeness (QED) is 0.806. The number of likely N-dealkylation sites (tertiary alicyclic amines) is 1. The van der Waals surface area contributed by atoms with Crippen LogP contribution in [0, 0.1) is 0 Å². The Bertz CT molecular complexity index is 355. The highest BCUT2D eigenvalue weighted by atomic mass is 35.5. The van der Waals surface area contributed by atoms with E-state index in [0.29, 0.717) is 12.6 Å². The zero-order valence-corrected chi connectivity index (χ0v) is 11.3. The number of halogens is 1. The molecule has 1 aromatic carbocycles. The van der Waals surface area contributed by atoms with Crippen LogP contribution in [0.25, 0.3) is 0 Å². The summed E-state index contributed by atoms with van der Waals surface area (Å²) < 4.78 is 5.64. The zero-order valence-electron chi connectivity index (χ0n) is 10.5. The van der Waals surface area contributed by atoms with Crippen molar-refractivity contribution in [3.05, 3.63) is 29.3 Å².